The second kappa shape index (κ2) is 15.7. The van der Waals surface area contributed by atoms with Gasteiger partial charge in [-0.2, -0.15) is 0 Å². The Kier molecular flexibility index (Phi) is 18.9. The van der Waals surface area contributed by atoms with Gasteiger partial charge >= 0.3 is 0 Å². The third-order valence-electron chi connectivity index (χ3n) is 0.841. The molecule has 2 N–H and O–H groups in total. The Hall–Kier alpha value is -0.730. The van der Waals surface area contributed by atoms with E-state index in [1.165, 1.54) is 0 Å². The summed E-state index contributed by atoms with van der Waals surface area (Å²) in [5, 5.41) is 12.0. The minimum Gasteiger partial charge on any atom is -0.255 e. The average molecular weight is 151 g/mol. The molecule has 0 aliphatic rings. The summed E-state index contributed by atoms with van der Waals surface area (Å²) in [4.78, 5) is 0. The highest BCUT2D eigenvalue weighted by Crippen LogP contribution is 1.90. The molecule has 0 aliphatic heterocycles. The fourth-order valence-corrected chi connectivity index (χ4v) is 0.438. The normalized spacial score (nSPS) is 8.30. The molecule has 0 bridgehead atoms. The van der Waals surface area contributed by atoms with Crippen LogP contribution in [0.15, 0.2) is 24.8 Å². The molecule has 0 fully saturated rings. The summed E-state index contributed by atoms with van der Waals surface area (Å²) in [6, 6.07) is 0. The summed E-state index contributed by atoms with van der Waals surface area (Å²) in [6.07, 6.45) is 10.3. The van der Waals surface area contributed by atoms with E-state index >= 15 is 0 Å². The van der Waals surface area contributed by atoms with E-state index in [0.717, 1.165) is 12.8 Å². The van der Waals surface area contributed by atoms with Crippen molar-refractivity contribution in [1.82, 2.24) is 0 Å². The van der Waals surface area contributed by atoms with Crippen LogP contribution in [0.2, 0.25) is 0 Å². The standard InChI is InChI=1S/C8H13.H2O2.4H2/c1-3-5-7-8-6-4-2;1-2;;;;/h3,5-6,8H,1,4,7H2,2H3;1-2H;4*1H/q+1;;;;;. The molecule has 0 atom stereocenters. The van der Waals surface area contributed by atoms with E-state index in [1.54, 1.807) is 0 Å². The number of unbranched alkanes of at least 4 members (excludes halogenated alkanes) is 1. The first-order valence-electron chi connectivity index (χ1n) is 3.21. The van der Waals surface area contributed by atoms with Crippen molar-refractivity contribution in [3.05, 3.63) is 31.2 Å². The molecular formula is C8H23O2+. The van der Waals surface area contributed by atoms with E-state index in [9.17, 15) is 0 Å². The van der Waals surface area contributed by atoms with Gasteiger partial charge in [0, 0.05) is 18.7 Å². The second-order valence-corrected chi connectivity index (χ2v) is 1.59. The predicted molar refractivity (Wildman–Crippen MR) is 52.3 cm³/mol. The monoisotopic (exact) mass is 151 g/mol. The van der Waals surface area contributed by atoms with Gasteiger partial charge in [0.1, 0.15) is 0 Å². The van der Waals surface area contributed by atoms with E-state index in [0.29, 0.717) is 0 Å². The highest BCUT2D eigenvalue weighted by molar-refractivity contribution is 4.94. The molecular weight excluding hydrogens is 128 g/mol. The van der Waals surface area contributed by atoms with Crippen molar-refractivity contribution in [3.8, 4) is 0 Å². The zero-order valence-corrected chi connectivity index (χ0v) is 6.33. The smallest absolute Gasteiger partial charge is 0.0867 e. The maximum absolute atomic E-state index is 6.00. The lowest BCUT2D eigenvalue weighted by Crippen LogP contribution is -1.62. The van der Waals surface area contributed by atoms with Crippen LogP contribution in [0.4, 0.5) is 0 Å². The highest BCUT2D eigenvalue weighted by Gasteiger charge is 1.77. The molecule has 0 rings (SSSR count). The van der Waals surface area contributed by atoms with Crippen LogP contribution in [0.5, 0.6) is 0 Å². The Morgan fingerprint density at radius 2 is 2.10 bits per heavy atom. The fourth-order valence-electron chi connectivity index (χ4n) is 0.438. The first-order valence-corrected chi connectivity index (χ1v) is 3.21. The molecule has 66 valence electrons. The fraction of sp³-hybridized carbons (Fsp3) is 0.375. The van der Waals surface area contributed by atoms with Crippen LogP contribution in [-0.4, -0.2) is 10.5 Å². The first kappa shape index (κ1) is 12.0. The third kappa shape index (κ3) is 15.7. The Balaban J connectivity index is -0.0000000250. The lowest BCUT2D eigenvalue weighted by atomic mass is 10.3. The molecule has 0 aromatic heterocycles. The van der Waals surface area contributed by atoms with Crippen LogP contribution >= 0.6 is 0 Å². The van der Waals surface area contributed by atoms with E-state index in [4.69, 9.17) is 10.5 Å². The van der Waals surface area contributed by atoms with Gasteiger partial charge in [-0.05, 0) is 6.42 Å². The molecule has 0 radical (unpaired) electrons. The SMILES string of the molecule is C=C[CH+]CC=CCC.OO.[HH].[HH].[HH].[HH]. The van der Waals surface area contributed by atoms with Crippen LogP contribution in [0, 0.1) is 6.42 Å². The maximum atomic E-state index is 6.00. The number of hydrogen-bond donors (Lipinski definition) is 2. The van der Waals surface area contributed by atoms with E-state index < -0.39 is 0 Å². The van der Waals surface area contributed by atoms with Crippen molar-refractivity contribution in [3.63, 3.8) is 0 Å². The van der Waals surface area contributed by atoms with Crippen LogP contribution in [0.1, 0.15) is 25.5 Å². The second-order valence-electron chi connectivity index (χ2n) is 1.59. The van der Waals surface area contributed by atoms with Crippen molar-refractivity contribution < 1.29 is 16.2 Å². The maximum Gasteiger partial charge on any atom is 0.0867 e. The Bertz CT molecular complexity index is 89.4. The molecule has 2 heteroatoms. The molecule has 0 amide bonds. The number of rotatable bonds is 4. The van der Waals surface area contributed by atoms with Gasteiger partial charge in [-0.1, -0.05) is 19.1 Å². The van der Waals surface area contributed by atoms with E-state index in [1.807, 2.05) is 12.5 Å². The summed E-state index contributed by atoms with van der Waals surface area (Å²) in [5.41, 5.74) is 0. The minimum absolute atomic E-state index is 0. The van der Waals surface area contributed by atoms with Crippen molar-refractivity contribution in [2.24, 2.45) is 0 Å². The molecule has 0 aromatic carbocycles. The molecule has 0 unspecified atom stereocenters. The van der Waals surface area contributed by atoms with Gasteiger partial charge in [0.25, 0.3) is 0 Å². The summed E-state index contributed by atoms with van der Waals surface area (Å²) in [7, 11) is 0. The van der Waals surface area contributed by atoms with Gasteiger partial charge in [0.05, 0.1) is 12.5 Å². The lowest BCUT2D eigenvalue weighted by Gasteiger charge is -1.76. The van der Waals surface area contributed by atoms with Crippen molar-refractivity contribution in [2.75, 3.05) is 0 Å². The first-order chi connectivity index (χ1) is 4.91. The molecule has 0 aliphatic carbocycles. The predicted octanol–water partition coefficient (Wildman–Crippen LogP) is 3.73. The summed E-state index contributed by atoms with van der Waals surface area (Å²) in [5.74, 6) is 0. The molecule has 0 saturated heterocycles. The largest absolute Gasteiger partial charge is 0.255 e. The molecule has 10 heavy (non-hydrogen) atoms. The van der Waals surface area contributed by atoms with Gasteiger partial charge in [-0.3, -0.25) is 10.5 Å². The Morgan fingerprint density at radius 1 is 1.50 bits per heavy atom. The van der Waals surface area contributed by atoms with Gasteiger partial charge in [0.2, 0.25) is 0 Å². The zero-order chi connectivity index (χ0) is 8.24. The van der Waals surface area contributed by atoms with Crippen LogP contribution in [0.3, 0.4) is 0 Å². The zero-order valence-electron chi connectivity index (χ0n) is 6.33. The van der Waals surface area contributed by atoms with Crippen molar-refractivity contribution >= 4 is 0 Å². The molecule has 0 saturated carbocycles. The summed E-state index contributed by atoms with van der Waals surface area (Å²) < 4.78 is 0. The number of hydrogen-bond acceptors (Lipinski definition) is 2. The van der Waals surface area contributed by atoms with Crippen LogP contribution in [0.25, 0.3) is 0 Å². The molecule has 0 spiro atoms. The van der Waals surface area contributed by atoms with E-state index in [2.05, 4.69) is 25.7 Å². The molecule has 0 heterocycles. The minimum atomic E-state index is 0. The topological polar surface area (TPSA) is 40.5 Å². The van der Waals surface area contributed by atoms with Gasteiger partial charge in [-0.15, -0.1) is 0 Å². The van der Waals surface area contributed by atoms with Gasteiger partial charge < -0.3 is 0 Å². The van der Waals surface area contributed by atoms with Crippen molar-refractivity contribution in [2.45, 2.75) is 19.8 Å². The average Bonchev–Trinajstić information content (AvgIpc) is 2.02. The molecule has 0 aromatic rings. The third-order valence-corrected chi connectivity index (χ3v) is 0.841. The Morgan fingerprint density at radius 3 is 2.50 bits per heavy atom. The van der Waals surface area contributed by atoms with Gasteiger partial charge in [-0.25, -0.2) is 0 Å². The number of allylic oxidation sites excluding steroid dienone is 3. The van der Waals surface area contributed by atoms with Gasteiger partial charge in [0.15, 0.2) is 0 Å². The summed E-state index contributed by atoms with van der Waals surface area (Å²) in [6.45, 7) is 5.70. The van der Waals surface area contributed by atoms with Crippen LogP contribution < -0.4 is 0 Å². The summed E-state index contributed by atoms with van der Waals surface area (Å²) >= 11 is 0. The highest BCUT2D eigenvalue weighted by atomic mass is 17.0. The van der Waals surface area contributed by atoms with E-state index in [-0.39, 0.29) is 5.71 Å². The van der Waals surface area contributed by atoms with Crippen LogP contribution in [-0.2, 0) is 0 Å². The quantitative estimate of drug-likeness (QED) is 0.211. The van der Waals surface area contributed by atoms with Crippen molar-refractivity contribution in [1.29, 1.82) is 0 Å². The molecule has 2 nitrogen and oxygen atoms in total. The Labute approximate surface area is 68.4 Å². The lowest BCUT2D eigenvalue weighted by molar-refractivity contribution is -0.176.